The maximum absolute atomic E-state index is 3.76. The molecule has 0 aliphatic heterocycles. The van der Waals surface area contributed by atoms with Crippen LogP contribution in [0.3, 0.4) is 0 Å². The summed E-state index contributed by atoms with van der Waals surface area (Å²) in [6, 6.07) is 0.438. The summed E-state index contributed by atoms with van der Waals surface area (Å²) in [4.78, 5) is 0. The first-order valence-corrected chi connectivity index (χ1v) is 8.98. The molecular weight excluding hydrogens is 278 g/mol. The second-order valence-corrected chi connectivity index (χ2v) is 6.80. The molecule has 0 aromatic rings. The van der Waals surface area contributed by atoms with Crippen molar-refractivity contribution in [2.75, 3.05) is 0 Å². The van der Waals surface area contributed by atoms with Crippen LogP contribution in [0.5, 0.6) is 0 Å². The normalized spacial score (nSPS) is 29.2. The van der Waals surface area contributed by atoms with Gasteiger partial charge < -0.3 is 5.32 Å². The van der Waals surface area contributed by atoms with Crippen molar-refractivity contribution >= 4 is 0 Å². The number of hydrogen-bond donors (Lipinski definition) is 1. The van der Waals surface area contributed by atoms with E-state index in [1.54, 1.807) is 0 Å². The Kier molecular flexibility index (Phi) is 4.19. The maximum atomic E-state index is 3.76. The van der Waals surface area contributed by atoms with Crippen molar-refractivity contribution in [2.24, 2.45) is 5.92 Å². The Bertz CT molecular complexity index is 679. The Hall–Kier alpha value is -2.02. The molecule has 1 nitrogen and oxygen atoms in total. The summed E-state index contributed by atoms with van der Waals surface area (Å²) >= 11 is 0. The lowest BCUT2D eigenvalue weighted by Gasteiger charge is -2.29. The fourth-order valence-electron chi connectivity index (χ4n) is 3.91. The summed E-state index contributed by atoms with van der Waals surface area (Å²) in [7, 11) is 0. The summed E-state index contributed by atoms with van der Waals surface area (Å²) < 4.78 is 0. The van der Waals surface area contributed by atoms with Crippen molar-refractivity contribution < 1.29 is 0 Å². The number of rotatable bonds is 3. The summed E-state index contributed by atoms with van der Waals surface area (Å²) in [5.41, 5.74) is 5.79. The van der Waals surface area contributed by atoms with Crippen molar-refractivity contribution in [3.05, 3.63) is 83.2 Å². The molecule has 4 aliphatic rings. The zero-order valence-electron chi connectivity index (χ0n) is 13.7. The van der Waals surface area contributed by atoms with Crippen molar-refractivity contribution in [2.45, 2.75) is 44.6 Å². The molecule has 4 rings (SSSR count). The molecule has 0 aromatic heterocycles. The molecule has 0 radical (unpaired) electrons. The molecule has 0 saturated carbocycles. The molecule has 0 amide bonds. The molecule has 118 valence electrons. The largest absolute Gasteiger partial charge is 0.378 e. The van der Waals surface area contributed by atoms with Gasteiger partial charge in [-0.25, -0.2) is 0 Å². The smallest absolute Gasteiger partial charge is 0.0550 e. The first-order valence-electron chi connectivity index (χ1n) is 8.98. The summed E-state index contributed by atoms with van der Waals surface area (Å²) in [5, 5.41) is 3.76. The minimum Gasteiger partial charge on any atom is -0.378 e. The highest BCUT2D eigenvalue weighted by atomic mass is 14.9. The van der Waals surface area contributed by atoms with Gasteiger partial charge in [0.1, 0.15) is 0 Å². The molecule has 0 fully saturated rings. The third-order valence-corrected chi connectivity index (χ3v) is 5.21. The molecule has 1 heteroatoms. The fourth-order valence-corrected chi connectivity index (χ4v) is 3.91. The van der Waals surface area contributed by atoms with E-state index in [1.165, 1.54) is 48.1 Å². The molecule has 2 unspecified atom stereocenters. The summed E-state index contributed by atoms with van der Waals surface area (Å²) in [6.07, 6.45) is 30.3. The first kappa shape index (κ1) is 14.6. The Labute approximate surface area is 139 Å². The lowest BCUT2D eigenvalue weighted by atomic mass is 9.86. The topological polar surface area (TPSA) is 12.0 Å². The minimum atomic E-state index is 0.438. The second-order valence-electron chi connectivity index (χ2n) is 6.80. The van der Waals surface area contributed by atoms with Crippen molar-refractivity contribution in [3.63, 3.8) is 0 Å². The van der Waals surface area contributed by atoms with Gasteiger partial charge in [0.05, 0.1) is 6.04 Å². The maximum Gasteiger partial charge on any atom is 0.0550 e. The van der Waals surface area contributed by atoms with E-state index < -0.39 is 0 Å². The van der Waals surface area contributed by atoms with E-state index in [4.69, 9.17) is 0 Å². The van der Waals surface area contributed by atoms with Gasteiger partial charge in [-0.1, -0.05) is 54.7 Å². The van der Waals surface area contributed by atoms with Crippen LogP contribution in [0.2, 0.25) is 0 Å². The predicted molar refractivity (Wildman–Crippen MR) is 97.9 cm³/mol. The quantitative estimate of drug-likeness (QED) is 0.747. The zero-order valence-corrected chi connectivity index (χ0v) is 13.7. The molecule has 0 heterocycles. The van der Waals surface area contributed by atoms with Crippen LogP contribution in [-0.4, -0.2) is 6.04 Å². The average molecular weight is 303 g/mol. The van der Waals surface area contributed by atoms with Crippen LogP contribution in [0.1, 0.15) is 38.5 Å². The lowest BCUT2D eigenvalue weighted by Crippen LogP contribution is -2.32. The molecule has 23 heavy (non-hydrogen) atoms. The van der Waals surface area contributed by atoms with E-state index in [9.17, 15) is 0 Å². The van der Waals surface area contributed by atoms with Crippen molar-refractivity contribution in [1.29, 1.82) is 0 Å². The molecule has 0 spiro atoms. The highest BCUT2D eigenvalue weighted by Gasteiger charge is 2.21. The minimum absolute atomic E-state index is 0.438. The average Bonchev–Trinajstić information content (AvgIpc) is 2.63. The van der Waals surface area contributed by atoms with Crippen molar-refractivity contribution in [1.82, 2.24) is 5.32 Å². The molecule has 1 N–H and O–H groups in total. The first-order chi connectivity index (χ1) is 11.4. The highest BCUT2D eigenvalue weighted by Crippen LogP contribution is 2.30. The highest BCUT2D eigenvalue weighted by molar-refractivity contribution is 5.44. The van der Waals surface area contributed by atoms with Gasteiger partial charge >= 0.3 is 0 Å². The van der Waals surface area contributed by atoms with Gasteiger partial charge in [0.2, 0.25) is 0 Å². The molecule has 0 saturated heterocycles. The Balaban J connectivity index is 1.42. The van der Waals surface area contributed by atoms with Crippen LogP contribution in [0, 0.1) is 5.92 Å². The van der Waals surface area contributed by atoms with Crippen LogP contribution >= 0.6 is 0 Å². The van der Waals surface area contributed by atoms with Gasteiger partial charge in [-0.2, -0.15) is 0 Å². The number of hydrogen-bond acceptors (Lipinski definition) is 1. The van der Waals surface area contributed by atoms with Crippen LogP contribution < -0.4 is 5.32 Å². The Morgan fingerprint density at radius 2 is 1.78 bits per heavy atom. The van der Waals surface area contributed by atoms with Gasteiger partial charge in [0, 0.05) is 11.6 Å². The van der Waals surface area contributed by atoms with E-state index in [1.807, 2.05) is 0 Å². The van der Waals surface area contributed by atoms with Gasteiger partial charge in [-0.05, 0) is 61.3 Å². The lowest BCUT2D eigenvalue weighted by molar-refractivity contribution is 0.634. The molecule has 4 aliphatic carbocycles. The van der Waals surface area contributed by atoms with Gasteiger partial charge in [-0.3, -0.25) is 0 Å². The summed E-state index contributed by atoms with van der Waals surface area (Å²) in [5.74, 6) is 0.563. The fraction of sp³-hybridized carbons (Fsp3) is 0.364. The van der Waals surface area contributed by atoms with E-state index in [2.05, 4.69) is 66.1 Å². The molecule has 0 aromatic carbocycles. The number of nitrogens with one attached hydrogen (secondary N) is 1. The third-order valence-electron chi connectivity index (χ3n) is 5.21. The standard InChI is InChI=1S/C22H25N/c1-2-7-17(8-3-1)18-13-15-20(16-14-18)23-22-12-6-10-19-9-4-5-11-21(19)22/h2,5-8,10-11,13,15-16,18,22-23H,1,3-4,9,12,14H2. The molecule has 0 bridgehead atoms. The third kappa shape index (κ3) is 3.19. The zero-order chi connectivity index (χ0) is 15.5. The van der Waals surface area contributed by atoms with Gasteiger partial charge in [-0.15, -0.1) is 0 Å². The van der Waals surface area contributed by atoms with Crippen LogP contribution in [0.4, 0.5) is 0 Å². The monoisotopic (exact) mass is 303 g/mol. The van der Waals surface area contributed by atoms with Crippen LogP contribution in [0.25, 0.3) is 0 Å². The molecule has 2 atom stereocenters. The SMILES string of the molecule is C1=CC(C2C=CC(NC3CC=CC4=C3C=CCC4)=CC2)=CCC1. The van der Waals surface area contributed by atoms with Crippen LogP contribution in [-0.2, 0) is 0 Å². The van der Waals surface area contributed by atoms with E-state index in [-0.39, 0.29) is 0 Å². The van der Waals surface area contributed by atoms with E-state index in [0.29, 0.717) is 12.0 Å². The molecular formula is C22H25N. The van der Waals surface area contributed by atoms with Gasteiger partial charge in [0.25, 0.3) is 0 Å². The van der Waals surface area contributed by atoms with E-state index >= 15 is 0 Å². The predicted octanol–water partition coefficient (Wildman–Crippen LogP) is 5.29. The Morgan fingerprint density at radius 1 is 0.826 bits per heavy atom. The summed E-state index contributed by atoms with van der Waals surface area (Å²) in [6.45, 7) is 0. The second kappa shape index (κ2) is 6.62. The Morgan fingerprint density at radius 3 is 2.61 bits per heavy atom. The van der Waals surface area contributed by atoms with Gasteiger partial charge in [0.15, 0.2) is 0 Å². The number of allylic oxidation sites excluding steroid dienone is 10. The van der Waals surface area contributed by atoms with Crippen molar-refractivity contribution in [3.8, 4) is 0 Å². The van der Waals surface area contributed by atoms with E-state index in [0.717, 1.165) is 12.8 Å². The van der Waals surface area contributed by atoms with Crippen LogP contribution in [0.15, 0.2) is 83.2 Å².